The fraction of sp³-hybridized carbons (Fsp3) is 0.364. The lowest BCUT2D eigenvalue weighted by atomic mass is 10.2. The predicted molar refractivity (Wildman–Crippen MR) is 64.6 cm³/mol. The van der Waals surface area contributed by atoms with E-state index in [2.05, 4.69) is 10.3 Å². The van der Waals surface area contributed by atoms with Crippen LogP contribution in [-0.2, 0) is 6.54 Å². The summed E-state index contributed by atoms with van der Waals surface area (Å²) in [6.07, 6.45) is 2.23. The highest BCUT2D eigenvalue weighted by Crippen LogP contribution is 2.19. The molecule has 1 aromatic rings. The summed E-state index contributed by atoms with van der Waals surface area (Å²) in [4.78, 5) is 14.5. The average Bonchev–Trinajstić information content (AvgIpc) is 3.10. The van der Waals surface area contributed by atoms with E-state index in [9.17, 15) is 10.1 Å². The third kappa shape index (κ3) is 3.17. The molecule has 0 spiro atoms. The first-order valence-electron chi connectivity index (χ1n) is 5.45. The molecule has 0 aromatic heterocycles. The summed E-state index contributed by atoms with van der Waals surface area (Å²) in [6, 6.07) is 6.98. The molecule has 2 rings (SSSR count). The highest BCUT2D eigenvalue weighted by atomic mass is 16.6. The largest absolute Gasteiger partial charge is 0.370 e. The van der Waals surface area contributed by atoms with Crippen molar-refractivity contribution in [1.82, 2.24) is 5.32 Å². The molecule has 0 atom stereocenters. The summed E-state index contributed by atoms with van der Waals surface area (Å²) in [5, 5.41) is 13.8. The van der Waals surface area contributed by atoms with Gasteiger partial charge in [-0.1, -0.05) is 18.2 Å². The second kappa shape index (κ2) is 4.82. The standard InChI is InChI=1S/C11H14N4O2/c12-11(14-9-5-6-9)13-7-8-3-1-2-4-10(8)15(16)17/h1-4,9H,5-7H2,(H3,12,13,14). The van der Waals surface area contributed by atoms with E-state index < -0.39 is 4.92 Å². The molecule has 90 valence electrons. The molecule has 0 amide bonds. The van der Waals surface area contributed by atoms with Crippen LogP contribution in [0.4, 0.5) is 5.69 Å². The number of nitrogens with one attached hydrogen (secondary N) is 1. The summed E-state index contributed by atoms with van der Waals surface area (Å²) < 4.78 is 0. The van der Waals surface area contributed by atoms with Gasteiger partial charge in [0.2, 0.25) is 0 Å². The first kappa shape index (κ1) is 11.4. The third-order valence-electron chi connectivity index (χ3n) is 2.54. The number of nitro groups is 1. The Hall–Kier alpha value is -2.11. The van der Waals surface area contributed by atoms with Crippen LogP contribution in [0.5, 0.6) is 0 Å². The first-order valence-corrected chi connectivity index (χ1v) is 5.45. The van der Waals surface area contributed by atoms with E-state index in [1.165, 1.54) is 6.07 Å². The minimum Gasteiger partial charge on any atom is -0.370 e. The number of nitrogens with two attached hydrogens (primary N) is 1. The zero-order valence-corrected chi connectivity index (χ0v) is 9.30. The van der Waals surface area contributed by atoms with Crippen LogP contribution >= 0.6 is 0 Å². The third-order valence-corrected chi connectivity index (χ3v) is 2.54. The molecule has 1 aliphatic carbocycles. The van der Waals surface area contributed by atoms with Crippen LogP contribution in [0.15, 0.2) is 29.3 Å². The molecular weight excluding hydrogens is 220 g/mol. The number of benzene rings is 1. The lowest BCUT2D eigenvalue weighted by molar-refractivity contribution is -0.385. The van der Waals surface area contributed by atoms with Gasteiger partial charge in [-0.2, -0.15) is 0 Å². The van der Waals surface area contributed by atoms with Gasteiger partial charge in [0.15, 0.2) is 5.96 Å². The SMILES string of the molecule is NC(=NCc1ccccc1[N+](=O)[O-])NC1CC1. The number of guanidine groups is 1. The molecule has 17 heavy (non-hydrogen) atoms. The molecule has 0 saturated heterocycles. The maximum Gasteiger partial charge on any atom is 0.274 e. The fourth-order valence-electron chi connectivity index (χ4n) is 1.48. The monoisotopic (exact) mass is 234 g/mol. The minimum atomic E-state index is -0.407. The summed E-state index contributed by atoms with van der Waals surface area (Å²) in [7, 11) is 0. The van der Waals surface area contributed by atoms with E-state index in [4.69, 9.17) is 5.73 Å². The lowest BCUT2D eigenvalue weighted by Crippen LogP contribution is -2.33. The zero-order chi connectivity index (χ0) is 12.3. The van der Waals surface area contributed by atoms with Gasteiger partial charge < -0.3 is 11.1 Å². The van der Waals surface area contributed by atoms with E-state index >= 15 is 0 Å². The number of para-hydroxylation sites is 1. The van der Waals surface area contributed by atoms with Gasteiger partial charge in [-0.15, -0.1) is 0 Å². The summed E-state index contributed by atoms with van der Waals surface area (Å²) in [5.41, 5.74) is 6.30. The number of nitro benzene ring substituents is 1. The van der Waals surface area contributed by atoms with Crippen molar-refractivity contribution < 1.29 is 4.92 Å². The second-order valence-corrected chi connectivity index (χ2v) is 4.01. The van der Waals surface area contributed by atoms with E-state index in [0.29, 0.717) is 17.6 Å². The van der Waals surface area contributed by atoms with Crippen LogP contribution in [0.3, 0.4) is 0 Å². The first-order chi connectivity index (χ1) is 8.16. The minimum absolute atomic E-state index is 0.0791. The average molecular weight is 234 g/mol. The molecule has 0 aliphatic heterocycles. The van der Waals surface area contributed by atoms with Crippen LogP contribution in [-0.4, -0.2) is 16.9 Å². The van der Waals surface area contributed by atoms with E-state index in [1.54, 1.807) is 18.2 Å². The van der Waals surface area contributed by atoms with Crippen LogP contribution in [0.2, 0.25) is 0 Å². The second-order valence-electron chi connectivity index (χ2n) is 4.01. The number of hydrogen-bond donors (Lipinski definition) is 2. The van der Waals surface area contributed by atoms with Gasteiger partial charge in [0.05, 0.1) is 17.0 Å². The number of rotatable bonds is 4. The van der Waals surface area contributed by atoms with E-state index in [-0.39, 0.29) is 12.2 Å². The van der Waals surface area contributed by atoms with E-state index in [1.807, 2.05) is 0 Å². The Bertz CT molecular complexity index is 455. The Labute approximate surface area is 98.7 Å². The molecule has 6 nitrogen and oxygen atoms in total. The highest BCUT2D eigenvalue weighted by molar-refractivity contribution is 5.78. The van der Waals surface area contributed by atoms with Gasteiger partial charge in [0.25, 0.3) is 5.69 Å². The maximum atomic E-state index is 10.8. The van der Waals surface area contributed by atoms with Crippen LogP contribution in [0.25, 0.3) is 0 Å². The van der Waals surface area contributed by atoms with Crippen molar-refractivity contribution >= 4 is 11.6 Å². The zero-order valence-electron chi connectivity index (χ0n) is 9.30. The van der Waals surface area contributed by atoms with Crippen molar-refractivity contribution in [3.8, 4) is 0 Å². The Morgan fingerprint density at radius 2 is 2.24 bits per heavy atom. The van der Waals surface area contributed by atoms with Crippen LogP contribution in [0, 0.1) is 10.1 Å². The van der Waals surface area contributed by atoms with Gasteiger partial charge in [-0.25, -0.2) is 4.99 Å². The normalized spacial score (nSPS) is 15.6. The fourth-order valence-corrected chi connectivity index (χ4v) is 1.48. The molecule has 1 aromatic carbocycles. The smallest absolute Gasteiger partial charge is 0.274 e. The summed E-state index contributed by atoms with van der Waals surface area (Å²) >= 11 is 0. The highest BCUT2D eigenvalue weighted by Gasteiger charge is 2.21. The molecule has 1 saturated carbocycles. The van der Waals surface area contributed by atoms with Gasteiger partial charge in [-0.05, 0) is 12.8 Å². The van der Waals surface area contributed by atoms with Crippen molar-refractivity contribution in [2.24, 2.45) is 10.7 Å². The molecule has 0 radical (unpaired) electrons. The van der Waals surface area contributed by atoms with Gasteiger partial charge in [-0.3, -0.25) is 10.1 Å². The molecular formula is C11H14N4O2. The Balaban J connectivity index is 2.04. The quantitative estimate of drug-likeness (QED) is 0.354. The van der Waals surface area contributed by atoms with E-state index in [0.717, 1.165) is 12.8 Å². The van der Waals surface area contributed by atoms with Crippen LogP contribution < -0.4 is 11.1 Å². The molecule has 0 bridgehead atoms. The molecule has 6 heteroatoms. The van der Waals surface area contributed by atoms with Crippen molar-refractivity contribution in [2.45, 2.75) is 25.4 Å². The maximum absolute atomic E-state index is 10.8. The van der Waals surface area contributed by atoms with Gasteiger partial charge in [0, 0.05) is 12.1 Å². The molecule has 1 aliphatic rings. The Morgan fingerprint density at radius 3 is 2.88 bits per heavy atom. The molecule has 3 N–H and O–H groups in total. The Kier molecular flexibility index (Phi) is 3.22. The van der Waals surface area contributed by atoms with Gasteiger partial charge in [0.1, 0.15) is 0 Å². The molecule has 1 fully saturated rings. The molecule has 0 unspecified atom stereocenters. The van der Waals surface area contributed by atoms with Gasteiger partial charge >= 0.3 is 0 Å². The Morgan fingerprint density at radius 1 is 1.53 bits per heavy atom. The number of hydrogen-bond acceptors (Lipinski definition) is 3. The summed E-state index contributed by atoms with van der Waals surface area (Å²) in [5.74, 6) is 0.352. The van der Waals surface area contributed by atoms with Crippen molar-refractivity contribution in [1.29, 1.82) is 0 Å². The number of nitrogens with zero attached hydrogens (tertiary/aromatic N) is 2. The topological polar surface area (TPSA) is 93.5 Å². The molecule has 0 heterocycles. The van der Waals surface area contributed by atoms with Crippen molar-refractivity contribution in [3.05, 3.63) is 39.9 Å². The van der Waals surface area contributed by atoms with Crippen LogP contribution in [0.1, 0.15) is 18.4 Å². The lowest BCUT2D eigenvalue weighted by Gasteiger charge is -2.03. The number of aliphatic imine (C=N–C) groups is 1. The summed E-state index contributed by atoms with van der Waals surface area (Å²) in [6.45, 7) is 0.225. The van der Waals surface area contributed by atoms with Crippen molar-refractivity contribution in [2.75, 3.05) is 0 Å². The van der Waals surface area contributed by atoms with Crippen molar-refractivity contribution in [3.63, 3.8) is 0 Å². The predicted octanol–water partition coefficient (Wildman–Crippen LogP) is 1.16.